The summed E-state index contributed by atoms with van der Waals surface area (Å²) in [5.74, 6) is 2.22. The zero-order chi connectivity index (χ0) is 11.3. The van der Waals surface area contributed by atoms with Crippen molar-refractivity contribution in [2.45, 2.75) is 30.6 Å². The van der Waals surface area contributed by atoms with Gasteiger partial charge in [-0.2, -0.15) is 0 Å². The largest absolute Gasteiger partial charge is 0.294 e. The third-order valence-corrected chi connectivity index (χ3v) is 3.76. The van der Waals surface area contributed by atoms with E-state index in [1.165, 1.54) is 4.90 Å². The first kappa shape index (κ1) is 12.7. The molecule has 0 aromatic heterocycles. The van der Waals surface area contributed by atoms with Gasteiger partial charge in [-0.3, -0.25) is 4.79 Å². The lowest BCUT2D eigenvalue weighted by molar-refractivity contribution is 0.101. The van der Waals surface area contributed by atoms with Crippen LogP contribution in [0.5, 0.6) is 0 Å². The van der Waals surface area contributed by atoms with Crippen molar-refractivity contribution < 1.29 is 4.79 Å². The fraction of sp³-hybridized carbons (Fsp3) is 0.417. The topological polar surface area (TPSA) is 17.1 Å². The van der Waals surface area contributed by atoms with Crippen LogP contribution in [-0.2, 0) is 0 Å². The van der Waals surface area contributed by atoms with Crippen molar-refractivity contribution in [1.82, 2.24) is 0 Å². The molecule has 0 N–H and O–H groups in total. The van der Waals surface area contributed by atoms with Crippen LogP contribution in [0.15, 0.2) is 28.0 Å². The first-order valence-electron chi connectivity index (χ1n) is 5.09. The Kier molecular flexibility index (Phi) is 5.26. The zero-order valence-electron chi connectivity index (χ0n) is 9.37. The zero-order valence-corrected chi connectivity index (χ0v) is 11.0. The van der Waals surface area contributed by atoms with E-state index in [2.05, 4.69) is 19.9 Å². The second kappa shape index (κ2) is 6.23. The van der Waals surface area contributed by atoms with E-state index in [1.807, 2.05) is 23.9 Å². The van der Waals surface area contributed by atoms with E-state index >= 15 is 0 Å². The molecule has 0 spiro atoms. The Labute approximate surface area is 100 Å². The van der Waals surface area contributed by atoms with Gasteiger partial charge in [-0.15, -0.1) is 23.5 Å². The Hall–Kier alpha value is -0.410. The van der Waals surface area contributed by atoms with Gasteiger partial charge in [0.05, 0.1) is 0 Å². The van der Waals surface area contributed by atoms with Gasteiger partial charge in [0.25, 0.3) is 0 Å². The van der Waals surface area contributed by atoms with Crippen LogP contribution in [0, 0.1) is 0 Å². The molecule has 0 bridgehead atoms. The lowest BCUT2D eigenvalue weighted by atomic mass is 10.1. The number of benzene rings is 1. The highest BCUT2D eigenvalue weighted by molar-refractivity contribution is 8.00. The van der Waals surface area contributed by atoms with Crippen molar-refractivity contribution in [1.29, 1.82) is 0 Å². The summed E-state index contributed by atoms with van der Waals surface area (Å²) < 4.78 is 0. The van der Waals surface area contributed by atoms with Crippen LogP contribution in [0.2, 0.25) is 0 Å². The number of Topliss-reactive ketones (excluding diaryl/α,β-unsaturated/α-hetero) is 1. The number of carbonyl (C=O) groups excluding carboxylic acids is 1. The Morgan fingerprint density at radius 3 is 2.40 bits per heavy atom. The highest BCUT2D eigenvalue weighted by Crippen LogP contribution is 2.28. The van der Waals surface area contributed by atoms with E-state index in [4.69, 9.17) is 0 Å². The van der Waals surface area contributed by atoms with Gasteiger partial charge in [-0.25, -0.2) is 0 Å². The van der Waals surface area contributed by atoms with E-state index in [0.29, 0.717) is 0 Å². The molecule has 0 fully saturated rings. The van der Waals surface area contributed by atoms with Crippen LogP contribution >= 0.6 is 23.5 Å². The molecule has 0 amide bonds. The van der Waals surface area contributed by atoms with Gasteiger partial charge in [0.1, 0.15) is 0 Å². The molecule has 0 atom stereocenters. The maximum Gasteiger partial charge on any atom is 0.160 e. The molecule has 0 radical (unpaired) electrons. The highest BCUT2D eigenvalue weighted by Gasteiger charge is 2.07. The Balaban J connectivity index is 3.03. The first-order valence-corrected chi connectivity index (χ1v) is 7.06. The average Bonchev–Trinajstić information content (AvgIpc) is 2.18. The molecule has 0 aliphatic heterocycles. The highest BCUT2D eigenvalue weighted by atomic mass is 32.2. The maximum absolute atomic E-state index is 11.4. The Morgan fingerprint density at radius 1 is 1.20 bits per heavy atom. The van der Waals surface area contributed by atoms with Crippen molar-refractivity contribution in [2.75, 3.05) is 11.5 Å². The van der Waals surface area contributed by atoms with Crippen molar-refractivity contribution in [3.8, 4) is 0 Å². The van der Waals surface area contributed by atoms with Gasteiger partial charge in [0.15, 0.2) is 5.78 Å². The molecular weight excluding hydrogens is 224 g/mol. The predicted octanol–water partition coefficient (Wildman–Crippen LogP) is 4.11. The average molecular weight is 240 g/mol. The summed E-state index contributed by atoms with van der Waals surface area (Å²) in [5.41, 5.74) is 0.849. The number of rotatable bonds is 5. The van der Waals surface area contributed by atoms with Crippen LogP contribution in [0.25, 0.3) is 0 Å². The second-order valence-corrected chi connectivity index (χ2v) is 5.72. The van der Waals surface area contributed by atoms with E-state index < -0.39 is 0 Å². The summed E-state index contributed by atoms with van der Waals surface area (Å²) in [7, 11) is 0. The molecule has 0 heterocycles. The first-order chi connectivity index (χ1) is 7.19. The summed E-state index contributed by atoms with van der Waals surface area (Å²) in [6.07, 6.45) is 0. The fourth-order valence-electron chi connectivity index (χ4n) is 1.32. The van der Waals surface area contributed by atoms with Gasteiger partial charge in [-0.1, -0.05) is 13.8 Å². The molecule has 1 nitrogen and oxygen atoms in total. The van der Waals surface area contributed by atoms with Gasteiger partial charge in [-0.05, 0) is 36.6 Å². The van der Waals surface area contributed by atoms with Gasteiger partial charge < -0.3 is 0 Å². The number of hydrogen-bond donors (Lipinski definition) is 0. The van der Waals surface area contributed by atoms with Crippen molar-refractivity contribution in [3.05, 3.63) is 23.8 Å². The summed E-state index contributed by atoms with van der Waals surface area (Å²) in [4.78, 5) is 13.8. The molecule has 0 aliphatic rings. The quantitative estimate of drug-likeness (QED) is 0.569. The molecule has 0 saturated carbocycles. The van der Waals surface area contributed by atoms with E-state index in [9.17, 15) is 4.79 Å². The normalized spacial score (nSPS) is 10.3. The Morgan fingerprint density at radius 2 is 1.87 bits per heavy atom. The van der Waals surface area contributed by atoms with E-state index in [-0.39, 0.29) is 5.78 Å². The van der Waals surface area contributed by atoms with Gasteiger partial charge >= 0.3 is 0 Å². The predicted molar refractivity (Wildman–Crippen MR) is 69.2 cm³/mol. The monoisotopic (exact) mass is 240 g/mol. The van der Waals surface area contributed by atoms with Crippen molar-refractivity contribution in [3.63, 3.8) is 0 Å². The lowest BCUT2D eigenvalue weighted by Gasteiger charge is -2.07. The number of thioether (sulfide) groups is 2. The van der Waals surface area contributed by atoms with Crippen LogP contribution in [-0.4, -0.2) is 17.3 Å². The molecule has 1 aromatic carbocycles. The minimum absolute atomic E-state index is 0.152. The third-order valence-electron chi connectivity index (χ3n) is 1.94. The summed E-state index contributed by atoms with van der Waals surface area (Å²) in [6, 6.07) is 6.10. The lowest BCUT2D eigenvalue weighted by Crippen LogP contribution is -1.95. The SMILES string of the molecule is CCSc1ccc(C(C)=O)c(SCC)c1. The molecule has 0 unspecified atom stereocenters. The number of carbonyl (C=O) groups is 1. The standard InChI is InChI=1S/C12H16OS2/c1-4-14-10-6-7-11(9(3)13)12(8-10)15-5-2/h6-8H,4-5H2,1-3H3. The molecule has 0 aliphatic carbocycles. The molecule has 1 rings (SSSR count). The smallest absolute Gasteiger partial charge is 0.160 e. The van der Waals surface area contributed by atoms with Crippen LogP contribution in [0.1, 0.15) is 31.1 Å². The Bertz CT molecular complexity index is 347. The summed E-state index contributed by atoms with van der Waals surface area (Å²) in [6.45, 7) is 5.87. The van der Waals surface area contributed by atoms with Gasteiger partial charge in [0.2, 0.25) is 0 Å². The molecule has 82 valence electrons. The van der Waals surface area contributed by atoms with Crippen molar-refractivity contribution in [2.24, 2.45) is 0 Å². The molecule has 15 heavy (non-hydrogen) atoms. The van der Waals surface area contributed by atoms with Gasteiger partial charge in [0, 0.05) is 15.4 Å². The molecule has 0 saturated heterocycles. The minimum Gasteiger partial charge on any atom is -0.294 e. The molecular formula is C12H16OS2. The van der Waals surface area contributed by atoms with E-state index in [0.717, 1.165) is 22.0 Å². The van der Waals surface area contributed by atoms with Crippen molar-refractivity contribution >= 4 is 29.3 Å². The fourth-order valence-corrected chi connectivity index (χ4v) is 2.99. The van der Waals surface area contributed by atoms with E-state index in [1.54, 1.807) is 18.7 Å². The maximum atomic E-state index is 11.4. The summed E-state index contributed by atoms with van der Waals surface area (Å²) in [5, 5.41) is 0. The molecule has 1 aromatic rings. The number of hydrogen-bond acceptors (Lipinski definition) is 3. The summed E-state index contributed by atoms with van der Waals surface area (Å²) >= 11 is 3.55. The minimum atomic E-state index is 0.152. The number of ketones is 1. The molecule has 3 heteroatoms. The van der Waals surface area contributed by atoms with Crippen LogP contribution < -0.4 is 0 Å². The second-order valence-electron chi connectivity index (χ2n) is 3.08. The van der Waals surface area contributed by atoms with Crippen LogP contribution in [0.4, 0.5) is 0 Å². The third kappa shape index (κ3) is 3.58. The van der Waals surface area contributed by atoms with Crippen LogP contribution in [0.3, 0.4) is 0 Å².